The van der Waals surface area contributed by atoms with Crippen LogP contribution in [0.2, 0.25) is 0 Å². The number of ketones is 1. The van der Waals surface area contributed by atoms with Crippen molar-refractivity contribution < 1.29 is 9.59 Å². The minimum absolute atomic E-state index is 0.0130. The van der Waals surface area contributed by atoms with Gasteiger partial charge in [-0.15, -0.1) is 11.3 Å². The number of hydrogen-bond acceptors (Lipinski definition) is 3. The third-order valence-electron chi connectivity index (χ3n) is 4.94. The summed E-state index contributed by atoms with van der Waals surface area (Å²) in [6.07, 6.45) is 0.767. The van der Waals surface area contributed by atoms with Gasteiger partial charge < -0.3 is 5.32 Å². The standard InChI is InChI=1S/C25H21NO2S/c27-23(17-21-13-7-12-19-14-15-29-24(19)21)22(16-18-8-3-1-4-9-18)26-25(28)20-10-5-2-6-11-20/h1-15,22H,16-17H2,(H,26,28). The van der Waals surface area contributed by atoms with Gasteiger partial charge in [0, 0.05) is 16.7 Å². The second kappa shape index (κ2) is 8.84. The van der Waals surface area contributed by atoms with Gasteiger partial charge in [0.1, 0.15) is 0 Å². The second-order valence-corrected chi connectivity index (χ2v) is 7.90. The van der Waals surface area contributed by atoms with Crippen molar-refractivity contribution in [3.05, 3.63) is 107 Å². The molecule has 1 atom stereocenters. The molecule has 4 heteroatoms. The Bertz CT molecular complexity index is 1120. The van der Waals surface area contributed by atoms with Gasteiger partial charge in [-0.1, -0.05) is 66.7 Å². The van der Waals surface area contributed by atoms with E-state index in [2.05, 4.69) is 17.4 Å². The summed E-state index contributed by atoms with van der Waals surface area (Å²) < 4.78 is 1.13. The smallest absolute Gasteiger partial charge is 0.251 e. The van der Waals surface area contributed by atoms with E-state index in [1.807, 2.05) is 66.0 Å². The number of thiophene rings is 1. The lowest BCUT2D eigenvalue weighted by Gasteiger charge is -2.18. The van der Waals surface area contributed by atoms with Crippen molar-refractivity contribution in [2.75, 3.05) is 0 Å². The molecular formula is C25H21NO2S. The van der Waals surface area contributed by atoms with E-state index < -0.39 is 6.04 Å². The molecule has 0 fully saturated rings. The molecule has 3 aromatic carbocycles. The summed E-state index contributed by atoms with van der Waals surface area (Å²) >= 11 is 1.64. The predicted molar refractivity (Wildman–Crippen MR) is 118 cm³/mol. The molecule has 4 aromatic rings. The monoisotopic (exact) mass is 399 g/mol. The first-order valence-electron chi connectivity index (χ1n) is 9.58. The Morgan fingerprint density at radius 2 is 1.55 bits per heavy atom. The van der Waals surface area contributed by atoms with Gasteiger partial charge in [0.25, 0.3) is 5.91 Å². The summed E-state index contributed by atoms with van der Waals surface area (Å²) in [6.45, 7) is 0. The van der Waals surface area contributed by atoms with Crippen molar-refractivity contribution >= 4 is 33.1 Å². The van der Waals surface area contributed by atoms with Gasteiger partial charge in [0.2, 0.25) is 0 Å². The van der Waals surface area contributed by atoms with Crippen LogP contribution < -0.4 is 5.32 Å². The van der Waals surface area contributed by atoms with E-state index in [0.717, 1.165) is 21.2 Å². The number of Topliss-reactive ketones (excluding diaryl/α,β-unsaturated/α-hetero) is 1. The number of fused-ring (bicyclic) bond motifs is 1. The zero-order valence-corrected chi connectivity index (χ0v) is 16.7. The molecule has 0 aliphatic carbocycles. The highest BCUT2D eigenvalue weighted by molar-refractivity contribution is 7.17. The highest BCUT2D eigenvalue weighted by Crippen LogP contribution is 2.25. The number of rotatable bonds is 7. The minimum Gasteiger partial charge on any atom is -0.342 e. The number of nitrogens with one attached hydrogen (secondary N) is 1. The van der Waals surface area contributed by atoms with Gasteiger partial charge in [-0.05, 0) is 46.5 Å². The Morgan fingerprint density at radius 3 is 2.31 bits per heavy atom. The first-order chi connectivity index (χ1) is 14.2. The van der Waals surface area contributed by atoms with Crippen molar-refractivity contribution in [3.63, 3.8) is 0 Å². The molecule has 0 aliphatic heterocycles. The van der Waals surface area contributed by atoms with Crippen LogP contribution in [0.15, 0.2) is 90.3 Å². The normalized spacial score (nSPS) is 11.9. The van der Waals surface area contributed by atoms with Crippen LogP contribution in [0.1, 0.15) is 21.5 Å². The van der Waals surface area contributed by atoms with E-state index in [1.54, 1.807) is 23.5 Å². The van der Waals surface area contributed by atoms with Crippen LogP contribution in [0.25, 0.3) is 10.1 Å². The van der Waals surface area contributed by atoms with Gasteiger partial charge >= 0.3 is 0 Å². The quantitative estimate of drug-likeness (QED) is 0.472. The first-order valence-corrected chi connectivity index (χ1v) is 10.5. The number of hydrogen-bond donors (Lipinski definition) is 1. The Morgan fingerprint density at radius 1 is 0.828 bits per heavy atom. The first kappa shape index (κ1) is 19.1. The van der Waals surface area contributed by atoms with Gasteiger partial charge in [-0.3, -0.25) is 9.59 Å². The van der Waals surface area contributed by atoms with Crippen LogP contribution in [-0.2, 0) is 17.6 Å². The molecule has 4 rings (SSSR count). The van der Waals surface area contributed by atoms with Crippen LogP contribution in [0.3, 0.4) is 0 Å². The number of benzene rings is 3. The van der Waals surface area contributed by atoms with Crippen LogP contribution in [0.4, 0.5) is 0 Å². The summed E-state index contributed by atoms with van der Waals surface area (Å²) in [4.78, 5) is 26.0. The topological polar surface area (TPSA) is 46.2 Å². The summed E-state index contributed by atoms with van der Waals surface area (Å²) in [5, 5.41) is 6.14. The van der Waals surface area contributed by atoms with Gasteiger partial charge in [-0.25, -0.2) is 0 Å². The largest absolute Gasteiger partial charge is 0.342 e. The van der Waals surface area contributed by atoms with E-state index in [1.165, 1.54) is 0 Å². The van der Waals surface area contributed by atoms with Gasteiger partial charge in [0.05, 0.1) is 6.04 Å². The maximum atomic E-state index is 13.2. The highest BCUT2D eigenvalue weighted by Gasteiger charge is 2.22. The number of amides is 1. The molecule has 0 saturated carbocycles. The molecule has 1 heterocycles. The lowest BCUT2D eigenvalue weighted by molar-refractivity contribution is -0.120. The molecule has 1 unspecified atom stereocenters. The van der Waals surface area contributed by atoms with E-state index in [9.17, 15) is 9.59 Å². The molecule has 0 spiro atoms. The predicted octanol–water partition coefficient (Wildman–Crippen LogP) is 5.05. The third kappa shape index (κ3) is 4.61. The summed E-state index contributed by atoms with van der Waals surface area (Å²) in [5.74, 6) is -0.215. The SMILES string of the molecule is O=C(NC(Cc1ccccc1)C(=O)Cc1cccc2ccsc12)c1ccccc1. The molecule has 1 N–H and O–H groups in total. The molecule has 0 bridgehead atoms. The van der Waals surface area contributed by atoms with Crippen molar-refractivity contribution in [1.29, 1.82) is 0 Å². The molecule has 144 valence electrons. The third-order valence-corrected chi connectivity index (χ3v) is 5.94. The summed E-state index contributed by atoms with van der Waals surface area (Å²) in [6, 6.07) is 26.3. The van der Waals surface area contributed by atoms with Crippen LogP contribution in [0, 0.1) is 0 Å². The zero-order valence-electron chi connectivity index (χ0n) is 15.9. The minimum atomic E-state index is -0.583. The lowest BCUT2D eigenvalue weighted by atomic mass is 9.97. The van der Waals surface area contributed by atoms with Gasteiger partial charge in [-0.2, -0.15) is 0 Å². The average Bonchev–Trinajstić information content (AvgIpc) is 3.24. The van der Waals surface area contributed by atoms with Gasteiger partial charge in [0.15, 0.2) is 5.78 Å². The Kier molecular flexibility index (Phi) is 5.82. The molecular weight excluding hydrogens is 378 g/mol. The van der Waals surface area contributed by atoms with E-state index in [-0.39, 0.29) is 11.7 Å². The lowest BCUT2D eigenvalue weighted by Crippen LogP contribution is -2.43. The highest BCUT2D eigenvalue weighted by atomic mass is 32.1. The fourth-order valence-corrected chi connectivity index (χ4v) is 4.35. The molecule has 3 nitrogen and oxygen atoms in total. The van der Waals surface area contributed by atoms with Crippen molar-refractivity contribution in [2.45, 2.75) is 18.9 Å². The fourth-order valence-electron chi connectivity index (χ4n) is 3.43. The maximum absolute atomic E-state index is 13.2. The number of carbonyl (C=O) groups excluding carboxylic acids is 2. The zero-order chi connectivity index (χ0) is 20.1. The Balaban J connectivity index is 1.57. The fraction of sp³-hybridized carbons (Fsp3) is 0.120. The second-order valence-electron chi connectivity index (χ2n) is 6.98. The van der Waals surface area contributed by atoms with E-state index in [0.29, 0.717) is 18.4 Å². The summed E-state index contributed by atoms with van der Waals surface area (Å²) in [7, 11) is 0. The van der Waals surface area contributed by atoms with Crippen molar-refractivity contribution in [1.82, 2.24) is 5.32 Å². The van der Waals surface area contributed by atoms with Crippen LogP contribution >= 0.6 is 11.3 Å². The molecule has 0 saturated heterocycles. The number of carbonyl (C=O) groups is 2. The molecule has 1 amide bonds. The average molecular weight is 400 g/mol. The molecule has 29 heavy (non-hydrogen) atoms. The van der Waals surface area contributed by atoms with E-state index >= 15 is 0 Å². The van der Waals surface area contributed by atoms with Crippen LogP contribution in [0.5, 0.6) is 0 Å². The van der Waals surface area contributed by atoms with Crippen LogP contribution in [-0.4, -0.2) is 17.7 Å². The molecule has 0 aliphatic rings. The van der Waals surface area contributed by atoms with E-state index in [4.69, 9.17) is 0 Å². The summed E-state index contributed by atoms with van der Waals surface area (Å²) in [5.41, 5.74) is 2.58. The molecule has 1 aromatic heterocycles. The molecule has 0 radical (unpaired) electrons. The Labute approximate surface area is 174 Å². The maximum Gasteiger partial charge on any atom is 0.251 e. The van der Waals surface area contributed by atoms with Crippen molar-refractivity contribution in [3.8, 4) is 0 Å². The van der Waals surface area contributed by atoms with Crippen molar-refractivity contribution in [2.24, 2.45) is 0 Å². The Hall–Kier alpha value is -3.24.